The maximum atomic E-state index is 9.33. The van der Waals surface area contributed by atoms with Crippen LogP contribution in [0.1, 0.15) is 18.0 Å². The molecular weight excluding hydrogens is 260 g/mol. The molecule has 0 saturated carbocycles. The zero-order chi connectivity index (χ0) is 15.0. The van der Waals surface area contributed by atoms with Crippen LogP contribution in [0.2, 0.25) is 0 Å². The van der Waals surface area contributed by atoms with Gasteiger partial charge in [-0.2, -0.15) is 5.26 Å². The van der Waals surface area contributed by atoms with Crippen LogP contribution in [0.25, 0.3) is 0 Å². The van der Waals surface area contributed by atoms with Crippen molar-refractivity contribution in [3.8, 4) is 23.3 Å². The van der Waals surface area contributed by atoms with E-state index in [4.69, 9.17) is 19.3 Å². The van der Waals surface area contributed by atoms with Crippen LogP contribution in [0.4, 0.5) is 0 Å². The number of hydrogen-bond donors (Lipinski definition) is 2. The van der Waals surface area contributed by atoms with Gasteiger partial charge in [0, 0.05) is 18.7 Å². The first-order chi connectivity index (χ1) is 9.71. The highest BCUT2D eigenvalue weighted by Gasteiger charge is 2.21. The number of aliphatic hydroxyl groups excluding tert-OH is 1. The summed E-state index contributed by atoms with van der Waals surface area (Å²) in [4.78, 5) is 0. The molecule has 0 bridgehead atoms. The summed E-state index contributed by atoms with van der Waals surface area (Å²) in [6.45, 7) is 0.592. The van der Waals surface area contributed by atoms with E-state index in [2.05, 4.69) is 11.4 Å². The second kappa shape index (κ2) is 8.25. The third-order valence-corrected chi connectivity index (χ3v) is 2.85. The summed E-state index contributed by atoms with van der Waals surface area (Å²) < 4.78 is 15.8. The zero-order valence-corrected chi connectivity index (χ0v) is 12.0. The van der Waals surface area contributed by atoms with Crippen LogP contribution < -0.4 is 19.5 Å². The molecule has 1 rings (SSSR count). The molecule has 0 fully saturated rings. The summed E-state index contributed by atoms with van der Waals surface area (Å²) in [5.74, 6) is 1.63. The number of nitriles is 1. The van der Waals surface area contributed by atoms with Gasteiger partial charge in [-0.15, -0.1) is 0 Å². The molecule has 110 valence electrons. The molecule has 1 unspecified atom stereocenters. The third-order valence-electron chi connectivity index (χ3n) is 2.85. The first kappa shape index (κ1) is 16.1. The van der Waals surface area contributed by atoms with E-state index in [-0.39, 0.29) is 6.61 Å². The molecule has 0 aliphatic heterocycles. The van der Waals surface area contributed by atoms with E-state index in [9.17, 15) is 5.26 Å². The monoisotopic (exact) mass is 280 g/mol. The molecule has 0 heterocycles. The van der Waals surface area contributed by atoms with Crippen molar-refractivity contribution in [1.82, 2.24) is 5.32 Å². The molecular formula is C14H20N2O4. The van der Waals surface area contributed by atoms with Crippen LogP contribution >= 0.6 is 0 Å². The fourth-order valence-electron chi connectivity index (χ4n) is 1.85. The molecule has 0 radical (unpaired) electrons. The zero-order valence-electron chi connectivity index (χ0n) is 12.0. The minimum Gasteiger partial charge on any atom is -0.496 e. The normalized spacial score (nSPS) is 11.6. The number of aliphatic hydroxyl groups is 1. The maximum Gasteiger partial charge on any atom is 0.132 e. The highest BCUT2D eigenvalue weighted by molar-refractivity contribution is 5.53. The van der Waals surface area contributed by atoms with Crippen LogP contribution in [0.15, 0.2) is 12.1 Å². The van der Waals surface area contributed by atoms with E-state index in [1.165, 1.54) is 14.2 Å². The van der Waals surface area contributed by atoms with Gasteiger partial charge in [-0.25, -0.2) is 0 Å². The van der Waals surface area contributed by atoms with Crippen molar-refractivity contribution in [2.75, 3.05) is 34.5 Å². The smallest absolute Gasteiger partial charge is 0.132 e. The number of methoxy groups -OCH3 is 3. The molecule has 20 heavy (non-hydrogen) atoms. The van der Waals surface area contributed by atoms with Gasteiger partial charge < -0.3 is 19.3 Å². The highest BCUT2D eigenvalue weighted by Crippen LogP contribution is 2.38. The Labute approximate surface area is 118 Å². The average Bonchev–Trinajstić information content (AvgIpc) is 2.50. The lowest BCUT2D eigenvalue weighted by Crippen LogP contribution is -2.23. The fourth-order valence-corrected chi connectivity index (χ4v) is 1.85. The summed E-state index contributed by atoms with van der Waals surface area (Å²) in [5, 5.41) is 21.2. The standard InChI is InChI=1S/C14H20N2O4/c1-18-10-7-12(19-2)14(13(8-10)20-3)11(9-15)16-5-4-6-17/h7-8,11,16-17H,4-6H2,1-3H3. The van der Waals surface area contributed by atoms with Gasteiger partial charge in [0.1, 0.15) is 23.3 Å². The van der Waals surface area contributed by atoms with Crippen molar-refractivity contribution in [3.63, 3.8) is 0 Å². The Kier molecular flexibility index (Phi) is 6.64. The number of rotatable bonds is 8. The summed E-state index contributed by atoms with van der Waals surface area (Å²) >= 11 is 0. The Bertz CT molecular complexity index is 446. The van der Waals surface area contributed by atoms with Gasteiger partial charge in [0.05, 0.1) is 33.0 Å². The van der Waals surface area contributed by atoms with Gasteiger partial charge in [-0.3, -0.25) is 5.32 Å². The molecule has 1 aromatic rings. The lowest BCUT2D eigenvalue weighted by atomic mass is 10.0. The van der Waals surface area contributed by atoms with E-state index < -0.39 is 6.04 Å². The summed E-state index contributed by atoms with van der Waals surface area (Å²) in [5.41, 5.74) is 0.622. The molecule has 0 saturated heterocycles. The largest absolute Gasteiger partial charge is 0.496 e. The SMILES string of the molecule is COc1cc(OC)c(C(C#N)NCCCO)c(OC)c1. The van der Waals surface area contributed by atoms with Gasteiger partial charge in [0.15, 0.2) is 0 Å². The molecule has 2 N–H and O–H groups in total. The van der Waals surface area contributed by atoms with Gasteiger partial charge in [-0.1, -0.05) is 0 Å². The van der Waals surface area contributed by atoms with Crippen LogP contribution in [0.3, 0.4) is 0 Å². The molecule has 0 aliphatic rings. The van der Waals surface area contributed by atoms with Crippen molar-refractivity contribution < 1.29 is 19.3 Å². The fraction of sp³-hybridized carbons (Fsp3) is 0.500. The van der Waals surface area contributed by atoms with E-state index >= 15 is 0 Å². The minimum absolute atomic E-state index is 0.0715. The van der Waals surface area contributed by atoms with E-state index in [1.807, 2.05) is 0 Å². The van der Waals surface area contributed by atoms with Gasteiger partial charge in [0.25, 0.3) is 0 Å². The molecule has 0 spiro atoms. The van der Waals surface area contributed by atoms with Crippen molar-refractivity contribution in [1.29, 1.82) is 5.26 Å². The lowest BCUT2D eigenvalue weighted by molar-refractivity contribution is 0.284. The maximum absolute atomic E-state index is 9.33. The van der Waals surface area contributed by atoms with Crippen molar-refractivity contribution in [2.24, 2.45) is 0 Å². The minimum atomic E-state index is -0.586. The summed E-state index contributed by atoms with van der Waals surface area (Å²) in [6, 6.07) is 4.99. The second-order valence-electron chi connectivity index (χ2n) is 4.04. The molecule has 6 heteroatoms. The quantitative estimate of drug-likeness (QED) is 0.697. The number of nitrogens with zero attached hydrogens (tertiary/aromatic N) is 1. The Morgan fingerprint density at radius 1 is 1.20 bits per heavy atom. The van der Waals surface area contributed by atoms with Gasteiger partial charge in [0.2, 0.25) is 0 Å². The predicted octanol–water partition coefficient (Wildman–Crippen LogP) is 1.25. The van der Waals surface area contributed by atoms with Crippen LogP contribution in [0.5, 0.6) is 17.2 Å². The predicted molar refractivity (Wildman–Crippen MR) is 74.2 cm³/mol. The van der Waals surface area contributed by atoms with Crippen molar-refractivity contribution in [3.05, 3.63) is 17.7 Å². The molecule has 1 aromatic carbocycles. The van der Waals surface area contributed by atoms with E-state index in [0.29, 0.717) is 35.8 Å². The third kappa shape index (κ3) is 3.76. The van der Waals surface area contributed by atoms with Gasteiger partial charge in [-0.05, 0) is 13.0 Å². The van der Waals surface area contributed by atoms with Crippen LogP contribution in [-0.4, -0.2) is 39.6 Å². The Morgan fingerprint density at radius 3 is 2.20 bits per heavy atom. The highest BCUT2D eigenvalue weighted by atomic mass is 16.5. The summed E-state index contributed by atoms with van der Waals surface area (Å²) in [6.07, 6.45) is 0.568. The molecule has 6 nitrogen and oxygen atoms in total. The van der Waals surface area contributed by atoms with Crippen molar-refractivity contribution in [2.45, 2.75) is 12.5 Å². The second-order valence-corrected chi connectivity index (χ2v) is 4.04. The first-order valence-corrected chi connectivity index (χ1v) is 6.25. The summed E-state index contributed by atoms with van der Waals surface area (Å²) in [7, 11) is 4.61. The molecule has 1 atom stereocenters. The molecule has 0 aromatic heterocycles. The number of hydrogen-bond acceptors (Lipinski definition) is 6. The number of nitrogens with one attached hydrogen (secondary N) is 1. The first-order valence-electron chi connectivity index (χ1n) is 6.25. The van der Waals surface area contributed by atoms with Crippen LogP contribution in [0, 0.1) is 11.3 Å². The van der Waals surface area contributed by atoms with Gasteiger partial charge >= 0.3 is 0 Å². The van der Waals surface area contributed by atoms with Crippen LogP contribution in [-0.2, 0) is 0 Å². The topological polar surface area (TPSA) is 83.7 Å². The lowest BCUT2D eigenvalue weighted by Gasteiger charge is -2.19. The number of benzene rings is 1. The average molecular weight is 280 g/mol. The molecule has 0 aliphatic carbocycles. The Balaban J connectivity index is 3.15. The molecule has 0 amide bonds. The number of ether oxygens (including phenoxy) is 3. The van der Waals surface area contributed by atoms with E-state index in [1.54, 1.807) is 19.2 Å². The van der Waals surface area contributed by atoms with E-state index in [0.717, 1.165) is 0 Å². The Morgan fingerprint density at radius 2 is 1.80 bits per heavy atom. The van der Waals surface area contributed by atoms with Crippen molar-refractivity contribution >= 4 is 0 Å². The Hall–Kier alpha value is -1.97.